The Labute approximate surface area is 143 Å². The summed E-state index contributed by atoms with van der Waals surface area (Å²) in [7, 11) is 0. The van der Waals surface area contributed by atoms with Gasteiger partial charge in [-0.05, 0) is 41.8 Å². The number of hydrazine groups is 1. The third-order valence-corrected chi connectivity index (χ3v) is 4.35. The molecule has 3 aromatic rings. The average Bonchev–Trinajstić information content (AvgIpc) is 3.09. The van der Waals surface area contributed by atoms with Crippen molar-refractivity contribution in [2.24, 2.45) is 0 Å². The number of nitrogens with one attached hydrogen (secondary N) is 1. The van der Waals surface area contributed by atoms with Gasteiger partial charge in [0.1, 0.15) is 0 Å². The van der Waals surface area contributed by atoms with Gasteiger partial charge in [-0.15, -0.1) is 0 Å². The number of nitrogens with zero attached hydrogens (tertiary/aromatic N) is 1. The molecule has 1 unspecified atom stereocenters. The van der Waals surface area contributed by atoms with Crippen molar-refractivity contribution in [3.63, 3.8) is 0 Å². The summed E-state index contributed by atoms with van der Waals surface area (Å²) in [5.41, 5.74) is 9.65. The molecule has 1 heterocycles. The van der Waals surface area contributed by atoms with Gasteiger partial charge < -0.3 is 0 Å². The molecule has 1 N–H and O–H groups in total. The Morgan fingerprint density at radius 2 is 1.50 bits per heavy atom. The van der Waals surface area contributed by atoms with Crippen LogP contribution in [0.15, 0.2) is 91.0 Å². The fourth-order valence-electron chi connectivity index (χ4n) is 3.15. The first-order valence-corrected chi connectivity index (χ1v) is 8.26. The molecule has 0 spiro atoms. The third kappa shape index (κ3) is 2.79. The van der Waals surface area contributed by atoms with E-state index in [9.17, 15) is 0 Å². The van der Waals surface area contributed by atoms with Crippen molar-refractivity contribution < 1.29 is 0 Å². The lowest BCUT2D eigenvalue weighted by Gasteiger charge is -2.28. The molecular weight excluding hydrogens is 292 g/mol. The molecule has 2 heteroatoms. The van der Waals surface area contributed by atoms with E-state index in [1.54, 1.807) is 0 Å². The molecule has 1 aliphatic heterocycles. The highest BCUT2D eigenvalue weighted by Crippen LogP contribution is 2.35. The van der Waals surface area contributed by atoms with E-state index in [-0.39, 0.29) is 6.04 Å². The number of rotatable bonds is 3. The van der Waals surface area contributed by atoms with Crippen molar-refractivity contribution in [2.45, 2.75) is 13.0 Å². The highest BCUT2D eigenvalue weighted by Gasteiger charge is 2.26. The number of benzene rings is 3. The SMILES string of the molecule is Cc1cccc(N2NC(c3ccccc3)=CC2c2ccccc2)c1. The summed E-state index contributed by atoms with van der Waals surface area (Å²) in [4.78, 5) is 0. The summed E-state index contributed by atoms with van der Waals surface area (Å²) in [5, 5.41) is 2.24. The molecule has 4 rings (SSSR count). The van der Waals surface area contributed by atoms with E-state index in [0.717, 1.165) is 5.70 Å². The Morgan fingerprint density at radius 1 is 0.792 bits per heavy atom. The summed E-state index contributed by atoms with van der Waals surface area (Å²) >= 11 is 0. The van der Waals surface area contributed by atoms with Crippen LogP contribution in [0.4, 0.5) is 5.69 Å². The van der Waals surface area contributed by atoms with Gasteiger partial charge in [-0.3, -0.25) is 10.4 Å². The van der Waals surface area contributed by atoms with Gasteiger partial charge in [0.25, 0.3) is 0 Å². The maximum atomic E-state index is 3.59. The van der Waals surface area contributed by atoms with E-state index < -0.39 is 0 Å². The summed E-state index contributed by atoms with van der Waals surface area (Å²) < 4.78 is 0. The largest absolute Gasteiger partial charge is 0.297 e. The lowest BCUT2D eigenvalue weighted by molar-refractivity contribution is 0.724. The molecule has 3 aromatic carbocycles. The average molecular weight is 312 g/mol. The maximum Gasteiger partial charge on any atom is 0.0958 e. The topological polar surface area (TPSA) is 15.3 Å². The molecule has 0 amide bonds. The molecule has 0 fully saturated rings. The highest BCUT2D eigenvalue weighted by atomic mass is 15.5. The van der Waals surface area contributed by atoms with Crippen molar-refractivity contribution in [1.29, 1.82) is 0 Å². The van der Waals surface area contributed by atoms with E-state index in [2.05, 4.69) is 102 Å². The van der Waals surface area contributed by atoms with Gasteiger partial charge >= 0.3 is 0 Å². The summed E-state index contributed by atoms with van der Waals surface area (Å²) in [6.45, 7) is 2.13. The minimum absolute atomic E-state index is 0.170. The second-order valence-electron chi connectivity index (χ2n) is 6.12. The van der Waals surface area contributed by atoms with Gasteiger partial charge in [-0.2, -0.15) is 0 Å². The van der Waals surface area contributed by atoms with E-state index in [1.807, 2.05) is 6.07 Å². The minimum Gasteiger partial charge on any atom is -0.297 e. The Kier molecular flexibility index (Phi) is 3.80. The fraction of sp³-hybridized carbons (Fsp3) is 0.0909. The van der Waals surface area contributed by atoms with Crippen LogP contribution < -0.4 is 10.4 Å². The van der Waals surface area contributed by atoms with Crippen molar-refractivity contribution in [1.82, 2.24) is 5.43 Å². The fourth-order valence-corrected chi connectivity index (χ4v) is 3.15. The molecule has 0 radical (unpaired) electrons. The second-order valence-corrected chi connectivity index (χ2v) is 6.12. The zero-order valence-electron chi connectivity index (χ0n) is 13.7. The van der Waals surface area contributed by atoms with Gasteiger partial charge in [0, 0.05) is 0 Å². The summed E-state index contributed by atoms with van der Waals surface area (Å²) in [6, 6.07) is 29.9. The molecule has 0 saturated carbocycles. The van der Waals surface area contributed by atoms with Crippen LogP contribution in [-0.2, 0) is 0 Å². The second kappa shape index (κ2) is 6.25. The molecule has 0 saturated heterocycles. The summed E-state index contributed by atoms with van der Waals surface area (Å²) in [5.74, 6) is 0. The Balaban J connectivity index is 1.76. The van der Waals surface area contributed by atoms with Gasteiger partial charge in [-0.25, -0.2) is 0 Å². The van der Waals surface area contributed by atoms with Crippen LogP contribution >= 0.6 is 0 Å². The Morgan fingerprint density at radius 3 is 2.21 bits per heavy atom. The molecule has 1 aliphatic rings. The summed E-state index contributed by atoms with van der Waals surface area (Å²) in [6.07, 6.45) is 2.30. The van der Waals surface area contributed by atoms with Crippen LogP contribution in [0.25, 0.3) is 5.70 Å². The van der Waals surface area contributed by atoms with E-state index in [4.69, 9.17) is 0 Å². The first kappa shape index (κ1) is 14.6. The first-order chi connectivity index (χ1) is 11.8. The van der Waals surface area contributed by atoms with E-state index in [1.165, 1.54) is 22.4 Å². The van der Waals surface area contributed by atoms with Crippen LogP contribution in [0, 0.1) is 6.92 Å². The molecule has 0 bridgehead atoms. The van der Waals surface area contributed by atoms with Crippen LogP contribution in [0.1, 0.15) is 22.7 Å². The standard InChI is InChI=1S/C22H20N2/c1-17-9-8-14-20(15-17)24-22(19-12-6-3-7-13-19)16-21(23-24)18-10-4-2-5-11-18/h2-16,22-23H,1H3. The minimum atomic E-state index is 0.170. The van der Waals surface area contributed by atoms with Gasteiger partial charge in [0.2, 0.25) is 0 Å². The molecule has 2 nitrogen and oxygen atoms in total. The zero-order chi connectivity index (χ0) is 16.4. The molecule has 0 aliphatic carbocycles. The molecular formula is C22H20N2. The molecule has 24 heavy (non-hydrogen) atoms. The van der Waals surface area contributed by atoms with Crippen molar-refractivity contribution in [2.75, 3.05) is 5.01 Å². The smallest absolute Gasteiger partial charge is 0.0958 e. The lowest BCUT2D eigenvalue weighted by Crippen LogP contribution is -2.34. The maximum absolute atomic E-state index is 3.59. The Bertz CT molecular complexity index is 853. The van der Waals surface area contributed by atoms with Crippen molar-refractivity contribution >= 4 is 11.4 Å². The van der Waals surface area contributed by atoms with Crippen LogP contribution in [0.3, 0.4) is 0 Å². The van der Waals surface area contributed by atoms with Crippen LogP contribution in [0.2, 0.25) is 0 Å². The molecule has 0 aromatic heterocycles. The molecule has 1 atom stereocenters. The van der Waals surface area contributed by atoms with Crippen molar-refractivity contribution in [3.8, 4) is 0 Å². The van der Waals surface area contributed by atoms with Crippen LogP contribution in [0.5, 0.6) is 0 Å². The van der Waals surface area contributed by atoms with Crippen LogP contribution in [-0.4, -0.2) is 0 Å². The van der Waals surface area contributed by atoms with Crippen molar-refractivity contribution in [3.05, 3.63) is 108 Å². The normalized spacial score (nSPS) is 16.6. The third-order valence-electron chi connectivity index (χ3n) is 4.35. The predicted octanol–water partition coefficient (Wildman–Crippen LogP) is 5.10. The predicted molar refractivity (Wildman–Crippen MR) is 100 cm³/mol. The lowest BCUT2D eigenvalue weighted by atomic mass is 10.0. The number of hydrogen-bond acceptors (Lipinski definition) is 2. The van der Waals surface area contributed by atoms with Gasteiger partial charge in [-0.1, -0.05) is 72.8 Å². The number of anilines is 1. The molecule has 118 valence electrons. The van der Waals surface area contributed by atoms with Gasteiger partial charge in [0.05, 0.1) is 17.4 Å². The monoisotopic (exact) mass is 312 g/mol. The first-order valence-electron chi connectivity index (χ1n) is 8.26. The quantitative estimate of drug-likeness (QED) is 0.723. The van der Waals surface area contributed by atoms with E-state index >= 15 is 0 Å². The Hall–Kier alpha value is -3.00. The highest BCUT2D eigenvalue weighted by molar-refractivity contribution is 5.72. The zero-order valence-corrected chi connectivity index (χ0v) is 13.7. The number of hydrogen-bond donors (Lipinski definition) is 1. The van der Waals surface area contributed by atoms with Gasteiger partial charge in [0.15, 0.2) is 0 Å². The van der Waals surface area contributed by atoms with E-state index in [0.29, 0.717) is 0 Å². The number of aryl methyl sites for hydroxylation is 1.